The van der Waals surface area contributed by atoms with Gasteiger partial charge in [0.05, 0.1) is 17.6 Å². The maximum Gasteiger partial charge on any atom is 0.351 e. The molecule has 9 heteroatoms. The van der Waals surface area contributed by atoms with Crippen molar-refractivity contribution in [1.29, 1.82) is 0 Å². The molecule has 0 atom stereocenters. The predicted octanol–water partition coefficient (Wildman–Crippen LogP) is 5.58. The number of para-hydroxylation sites is 1. The summed E-state index contributed by atoms with van der Waals surface area (Å²) in [6, 6.07) is 20.9. The van der Waals surface area contributed by atoms with Gasteiger partial charge >= 0.3 is 11.6 Å². The number of rotatable bonds is 7. The molecular formula is C26H20IN3O5. The first-order valence-corrected chi connectivity index (χ1v) is 11.9. The predicted molar refractivity (Wildman–Crippen MR) is 142 cm³/mol. The van der Waals surface area contributed by atoms with Gasteiger partial charge in [0, 0.05) is 20.7 Å². The van der Waals surface area contributed by atoms with E-state index in [2.05, 4.69) is 27.9 Å². The maximum atomic E-state index is 12.3. The number of imidazole rings is 1. The van der Waals surface area contributed by atoms with Crippen molar-refractivity contribution in [2.75, 3.05) is 11.9 Å². The van der Waals surface area contributed by atoms with E-state index in [4.69, 9.17) is 14.1 Å². The molecule has 2 heterocycles. The molecule has 35 heavy (non-hydrogen) atoms. The van der Waals surface area contributed by atoms with Gasteiger partial charge in [-0.05, 0) is 77.5 Å². The number of halogens is 1. The fourth-order valence-electron chi connectivity index (χ4n) is 3.97. The third-order valence-electron chi connectivity index (χ3n) is 5.68. The summed E-state index contributed by atoms with van der Waals surface area (Å²) in [6.45, 7) is 2.46. The van der Waals surface area contributed by atoms with Crippen LogP contribution in [0.25, 0.3) is 22.0 Å². The molecule has 0 saturated heterocycles. The Kier molecular flexibility index (Phi) is 6.16. The molecule has 0 bridgehead atoms. The van der Waals surface area contributed by atoms with E-state index in [9.17, 15) is 14.7 Å². The number of ether oxygens (including phenoxy) is 1. The van der Waals surface area contributed by atoms with Gasteiger partial charge in [-0.2, -0.15) is 0 Å². The topological polar surface area (TPSA) is 107 Å². The van der Waals surface area contributed by atoms with Crippen molar-refractivity contribution in [3.63, 3.8) is 0 Å². The van der Waals surface area contributed by atoms with Crippen LogP contribution in [0.2, 0.25) is 0 Å². The highest BCUT2D eigenvalue weighted by atomic mass is 127. The highest BCUT2D eigenvalue weighted by Gasteiger charge is 2.20. The van der Waals surface area contributed by atoms with Gasteiger partial charge in [0.25, 0.3) is 0 Å². The molecule has 0 amide bonds. The smallest absolute Gasteiger partial charge is 0.351 e. The zero-order valence-electron chi connectivity index (χ0n) is 18.6. The van der Waals surface area contributed by atoms with E-state index in [0.29, 0.717) is 41.1 Å². The summed E-state index contributed by atoms with van der Waals surface area (Å²) in [5, 5.41) is 13.3. The summed E-state index contributed by atoms with van der Waals surface area (Å²) in [5.74, 6) is 0.0341. The van der Waals surface area contributed by atoms with Gasteiger partial charge in [-0.15, -0.1) is 0 Å². The molecule has 2 aromatic heterocycles. The van der Waals surface area contributed by atoms with Crippen molar-refractivity contribution >= 4 is 62.2 Å². The van der Waals surface area contributed by atoms with E-state index < -0.39 is 11.6 Å². The second-order valence-electron chi connectivity index (χ2n) is 7.91. The minimum atomic E-state index is -1.32. The average molecular weight is 581 g/mol. The number of fused-ring (bicyclic) bond motifs is 2. The fraction of sp³-hybridized carbons (Fsp3) is 0.115. The van der Waals surface area contributed by atoms with Gasteiger partial charge in [-0.25, -0.2) is 14.6 Å². The number of hydrogen-bond acceptors (Lipinski definition) is 6. The molecule has 3 aromatic carbocycles. The Hall–Kier alpha value is -3.86. The summed E-state index contributed by atoms with van der Waals surface area (Å²) < 4.78 is 14.4. The fourth-order valence-corrected chi connectivity index (χ4v) is 4.33. The number of anilines is 2. The van der Waals surface area contributed by atoms with Crippen molar-refractivity contribution in [2.24, 2.45) is 0 Å². The second kappa shape index (κ2) is 9.41. The summed E-state index contributed by atoms with van der Waals surface area (Å²) in [6.07, 6.45) is 0. The molecule has 0 radical (unpaired) electrons. The number of hydrogen-bond donors (Lipinski definition) is 2. The molecule has 0 aliphatic rings. The van der Waals surface area contributed by atoms with Crippen molar-refractivity contribution in [1.82, 2.24) is 9.55 Å². The summed E-state index contributed by atoms with van der Waals surface area (Å²) >= 11 is 2.25. The third kappa shape index (κ3) is 4.59. The van der Waals surface area contributed by atoms with Gasteiger partial charge in [-0.1, -0.05) is 18.2 Å². The number of carbonyl (C=O) groups is 1. The zero-order valence-corrected chi connectivity index (χ0v) is 20.8. The Balaban J connectivity index is 1.60. The Morgan fingerprint density at radius 2 is 1.89 bits per heavy atom. The molecule has 8 nitrogen and oxygen atoms in total. The quantitative estimate of drug-likeness (QED) is 0.191. The number of benzene rings is 3. The number of carboxylic acid groups (broad SMARTS) is 1. The van der Waals surface area contributed by atoms with Crippen LogP contribution in [0.1, 0.15) is 15.9 Å². The van der Waals surface area contributed by atoms with E-state index >= 15 is 0 Å². The number of aryl methyl sites for hydroxylation is 1. The van der Waals surface area contributed by atoms with E-state index in [1.54, 1.807) is 19.1 Å². The number of carboxylic acids is 1. The summed E-state index contributed by atoms with van der Waals surface area (Å²) in [4.78, 5) is 28.7. The van der Waals surface area contributed by atoms with Crippen LogP contribution >= 0.6 is 22.6 Å². The van der Waals surface area contributed by atoms with Crippen molar-refractivity contribution in [3.8, 4) is 5.75 Å². The van der Waals surface area contributed by atoms with Crippen LogP contribution in [0.15, 0.2) is 75.9 Å². The molecule has 0 spiro atoms. The van der Waals surface area contributed by atoms with Crippen molar-refractivity contribution < 1.29 is 19.1 Å². The highest BCUT2D eigenvalue weighted by molar-refractivity contribution is 14.1. The van der Waals surface area contributed by atoms with Gasteiger partial charge in [0.15, 0.2) is 0 Å². The van der Waals surface area contributed by atoms with Crippen molar-refractivity contribution in [3.05, 3.63) is 91.8 Å². The highest BCUT2D eigenvalue weighted by Crippen LogP contribution is 2.29. The lowest BCUT2D eigenvalue weighted by Crippen LogP contribution is -2.16. The normalized spacial score (nSPS) is 11.1. The van der Waals surface area contributed by atoms with E-state index in [0.717, 1.165) is 20.5 Å². The van der Waals surface area contributed by atoms with Crippen LogP contribution in [0.4, 0.5) is 11.6 Å². The molecule has 0 aliphatic carbocycles. The third-order valence-corrected chi connectivity index (χ3v) is 6.40. The van der Waals surface area contributed by atoms with E-state index in [-0.39, 0.29) is 5.56 Å². The maximum absolute atomic E-state index is 12.3. The van der Waals surface area contributed by atoms with Crippen LogP contribution < -0.4 is 15.7 Å². The molecule has 0 fully saturated rings. The van der Waals surface area contributed by atoms with Gasteiger partial charge in [0.1, 0.15) is 23.5 Å². The summed E-state index contributed by atoms with van der Waals surface area (Å²) in [7, 11) is 0. The molecule has 0 saturated carbocycles. The SMILES string of the molecule is Cc1c(C(=O)O)c(=O)oc2cc3c(cc12)nc(Nc1ccc(I)cc1)n3CCOc1ccccc1. The Morgan fingerprint density at radius 1 is 1.14 bits per heavy atom. The average Bonchev–Trinajstić information content (AvgIpc) is 3.16. The van der Waals surface area contributed by atoms with Crippen molar-refractivity contribution in [2.45, 2.75) is 13.5 Å². The molecule has 5 aromatic rings. The van der Waals surface area contributed by atoms with Crippen LogP contribution in [0.3, 0.4) is 0 Å². The standard InChI is InChI=1S/C26H20IN3O5/c1-15-19-13-20-21(14-22(19)35-25(33)23(15)24(31)32)30(11-12-34-18-5-3-2-4-6-18)26(29-20)28-17-9-7-16(27)8-10-17/h2-10,13-14H,11-12H2,1H3,(H,28,29)(H,31,32). The first-order chi connectivity index (χ1) is 16.9. The lowest BCUT2D eigenvalue weighted by Gasteiger charge is -2.12. The second-order valence-corrected chi connectivity index (χ2v) is 9.16. The first kappa shape index (κ1) is 22.9. The first-order valence-electron chi connectivity index (χ1n) is 10.8. The van der Waals surface area contributed by atoms with Gasteiger partial charge in [-0.3, -0.25) is 0 Å². The molecule has 176 valence electrons. The molecule has 0 unspecified atom stereocenters. The number of nitrogens with zero attached hydrogens (tertiary/aromatic N) is 2. The lowest BCUT2D eigenvalue weighted by molar-refractivity contribution is 0.0691. The molecule has 5 rings (SSSR count). The zero-order chi connectivity index (χ0) is 24.5. The number of nitrogens with one attached hydrogen (secondary N) is 1. The molecule has 2 N–H and O–H groups in total. The van der Waals surface area contributed by atoms with Gasteiger partial charge in [0.2, 0.25) is 5.95 Å². The van der Waals surface area contributed by atoms with Crippen LogP contribution in [0.5, 0.6) is 5.75 Å². The Bertz CT molecular complexity index is 1610. The Morgan fingerprint density at radius 3 is 2.60 bits per heavy atom. The van der Waals surface area contributed by atoms with Crippen LogP contribution in [-0.4, -0.2) is 27.2 Å². The number of aromatic carboxylic acids is 1. The van der Waals surface area contributed by atoms with Gasteiger partial charge < -0.3 is 24.1 Å². The minimum absolute atomic E-state index is 0.302. The monoisotopic (exact) mass is 581 g/mol. The molecular weight excluding hydrogens is 561 g/mol. The van der Waals surface area contributed by atoms with E-state index in [1.165, 1.54) is 0 Å². The van der Waals surface area contributed by atoms with E-state index in [1.807, 2.05) is 59.2 Å². The largest absolute Gasteiger partial charge is 0.492 e. The molecule has 0 aliphatic heterocycles. The number of aromatic nitrogens is 2. The van der Waals surface area contributed by atoms with Crippen LogP contribution in [0, 0.1) is 10.5 Å². The summed E-state index contributed by atoms with van der Waals surface area (Å²) in [5.41, 5.74) is 1.63. The lowest BCUT2D eigenvalue weighted by atomic mass is 10.1. The minimum Gasteiger partial charge on any atom is -0.492 e. The Labute approximate surface area is 213 Å². The van der Waals surface area contributed by atoms with Crippen LogP contribution in [-0.2, 0) is 6.54 Å².